The minimum Gasteiger partial charge on any atom is -0.334 e. The first-order valence-corrected chi connectivity index (χ1v) is 5.84. The quantitative estimate of drug-likeness (QED) is 0.859. The van der Waals surface area contributed by atoms with Gasteiger partial charge in [0.25, 0.3) is 0 Å². The zero-order chi connectivity index (χ0) is 12.6. The summed E-state index contributed by atoms with van der Waals surface area (Å²) in [5.41, 5.74) is 11.6. The van der Waals surface area contributed by atoms with Gasteiger partial charge in [0.2, 0.25) is 0 Å². The van der Waals surface area contributed by atoms with Crippen LogP contribution in [0.2, 0.25) is 0 Å². The minimum absolute atomic E-state index is 0.514. The van der Waals surface area contributed by atoms with Gasteiger partial charge in [-0.1, -0.05) is 17.7 Å². The van der Waals surface area contributed by atoms with Crippen molar-refractivity contribution >= 4 is 0 Å². The second kappa shape index (κ2) is 4.34. The van der Waals surface area contributed by atoms with Crippen molar-refractivity contribution in [3.8, 4) is 11.3 Å². The molecule has 0 aliphatic carbocycles. The van der Waals surface area contributed by atoms with Gasteiger partial charge in [0.05, 0.1) is 11.4 Å². The van der Waals surface area contributed by atoms with Crippen LogP contribution in [0.1, 0.15) is 22.6 Å². The van der Waals surface area contributed by atoms with Crippen molar-refractivity contribution in [3.05, 3.63) is 40.8 Å². The Bertz CT molecular complexity index is 553. The van der Waals surface area contributed by atoms with E-state index in [1.54, 1.807) is 0 Å². The Balaban J connectivity index is 2.68. The van der Waals surface area contributed by atoms with Gasteiger partial charge in [0.15, 0.2) is 0 Å². The molecule has 1 heterocycles. The Hall–Kier alpha value is -1.61. The lowest BCUT2D eigenvalue weighted by Crippen LogP contribution is -2.05. The molecule has 0 bridgehead atoms. The maximum atomic E-state index is 5.83. The van der Waals surface area contributed by atoms with Crippen molar-refractivity contribution < 1.29 is 0 Å². The van der Waals surface area contributed by atoms with Gasteiger partial charge < -0.3 is 10.3 Å². The second-order valence-corrected chi connectivity index (χ2v) is 4.54. The summed E-state index contributed by atoms with van der Waals surface area (Å²) in [6.07, 6.45) is 0. The van der Waals surface area contributed by atoms with Gasteiger partial charge >= 0.3 is 0 Å². The predicted octanol–water partition coefficient (Wildman–Crippen LogP) is 2.47. The van der Waals surface area contributed by atoms with Crippen LogP contribution in [0.15, 0.2) is 18.2 Å². The first-order chi connectivity index (χ1) is 8.04. The molecule has 0 unspecified atom stereocenters. The number of nitrogens with two attached hydrogens (primary N) is 1. The number of hydrogen-bond donors (Lipinski definition) is 1. The van der Waals surface area contributed by atoms with Crippen molar-refractivity contribution in [2.24, 2.45) is 12.8 Å². The first-order valence-electron chi connectivity index (χ1n) is 5.84. The summed E-state index contributed by atoms with van der Waals surface area (Å²) in [6.45, 7) is 6.73. The molecular weight excluding hydrogens is 210 g/mol. The summed E-state index contributed by atoms with van der Waals surface area (Å²) in [5, 5.41) is 0. The highest BCUT2D eigenvalue weighted by Gasteiger charge is 2.14. The van der Waals surface area contributed by atoms with Crippen LogP contribution in [0.25, 0.3) is 11.3 Å². The molecule has 3 heteroatoms. The zero-order valence-corrected chi connectivity index (χ0v) is 10.9. The van der Waals surface area contributed by atoms with E-state index in [1.165, 1.54) is 16.7 Å². The highest BCUT2D eigenvalue weighted by atomic mass is 15.1. The van der Waals surface area contributed by atoms with E-state index in [-0.39, 0.29) is 0 Å². The van der Waals surface area contributed by atoms with Crippen LogP contribution in [0, 0.1) is 20.8 Å². The van der Waals surface area contributed by atoms with Crippen LogP contribution in [-0.2, 0) is 13.6 Å². The summed E-state index contributed by atoms with van der Waals surface area (Å²) in [6, 6.07) is 6.43. The molecule has 2 aromatic rings. The van der Waals surface area contributed by atoms with E-state index in [1.807, 2.05) is 14.0 Å². The van der Waals surface area contributed by atoms with Crippen LogP contribution in [-0.4, -0.2) is 9.55 Å². The maximum Gasteiger partial charge on any atom is 0.106 e. The van der Waals surface area contributed by atoms with Gasteiger partial charge in [0.1, 0.15) is 5.82 Å². The number of benzene rings is 1. The number of aryl methyl sites for hydroxylation is 3. The molecule has 0 amide bonds. The minimum atomic E-state index is 0.514. The van der Waals surface area contributed by atoms with Crippen molar-refractivity contribution in [3.63, 3.8) is 0 Å². The van der Waals surface area contributed by atoms with Gasteiger partial charge in [-0.2, -0.15) is 0 Å². The van der Waals surface area contributed by atoms with E-state index in [4.69, 9.17) is 5.73 Å². The van der Waals surface area contributed by atoms with Crippen LogP contribution in [0.4, 0.5) is 0 Å². The average Bonchev–Trinajstić information content (AvgIpc) is 2.58. The fourth-order valence-corrected chi connectivity index (χ4v) is 2.10. The average molecular weight is 229 g/mol. The lowest BCUT2D eigenvalue weighted by Gasteiger charge is -2.07. The molecule has 0 spiro atoms. The molecular formula is C14H19N3. The monoisotopic (exact) mass is 229 g/mol. The summed E-state index contributed by atoms with van der Waals surface area (Å²) in [7, 11) is 2.01. The van der Waals surface area contributed by atoms with Crippen LogP contribution in [0.3, 0.4) is 0 Å². The van der Waals surface area contributed by atoms with Gasteiger partial charge in [0, 0.05) is 19.2 Å². The van der Waals surface area contributed by atoms with E-state index in [9.17, 15) is 0 Å². The third-order valence-electron chi connectivity index (χ3n) is 3.28. The number of imidazole rings is 1. The SMILES string of the molecule is Cc1ccc(C)c(-c2nc(C)n(C)c2CN)c1. The van der Waals surface area contributed by atoms with Gasteiger partial charge in [-0.15, -0.1) is 0 Å². The molecule has 90 valence electrons. The molecule has 0 aliphatic heterocycles. The van der Waals surface area contributed by atoms with Crippen molar-refractivity contribution in [2.45, 2.75) is 27.3 Å². The van der Waals surface area contributed by atoms with E-state index in [0.29, 0.717) is 6.54 Å². The van der Waals surface area contributed by atoms with Crippen molar-refractivity contribution in [2.75, 3.05) is 0 Å². The van der Waals surface area contributed by atoms with Crippen LogP contribution >= 0.6 is 0 Å². The molecule has 1 aromatic heterocycles. The molecule has 1 aromatic carbocycles. The summed E-state index contributed by atoms with van der Waals surface area (Å²) >= 11 is 0. The molecule has 2 N–H and O–H groups in total. The third kappa shape index (κ3) is 1.98. The van der Waals surface area contributed by atoms with Crippen LogP contribution < -0.4 is 5.73 Å². The van der Waals surface area contributed by atoms with Gasteiger partial charge in [-0.25, -0.2) is 4.98 Å². The standard InChI is InChI=1S/C14H19N3/c1-9-5-6-10(2)12(7-9)14-13(8-15)17(4)11(3)16-14/h5-7H,8,15H2,1-4H3. The Labute approximate surface area is 102 Å². The Kier molecular flexibility index (Phi) is 3.03. The van der Waals surface area contributed by atoms with Gasteiger partial charge in [-0.05, 0) is 32.4 Å². The summed E-state index contributed by atoms with van der Waals surface area (Å²) in [5.74, 6) is 1.00. The number of rotatable bonds is 2. The lowest BCUT2D eigenvalue weighted by molar-refractivity contribution is 0.789. The fraction of sp³-hybridized carbons (Fsp3) is 0.357. The van der Waals surface area contributed by atoms with E-state index in [0.717, 1.165) is 17.2 Å². The van der Waals surface area contributed by atoms with Crippen molar-refractivity contribution in [1.82, 2.24) is 9.55 Å². The van der Waals surface area contributed by atoms with E-state index in [2.05, 4.69) is 41.6 Å². The Morgan fingerprint density at radius 3 is 2.59 bits per heavy atom. The molecule has 2 rings (SSSR count). The summed E-state index contributed by atoms with van der Waals surface area (Å²) < 4.78 is 2.07. The molecule has 0 saturated heterocycles. The molecule has 17 heavy (non-hydrogen) atoms. The Morgan fingerprint density at radius 1 is 1.24 bits per heavy atom. The van der Waals surface area contributed by atoms with E-state index < -0.39 is 0 Å². The topological polar surface area (TPSA) is 43.8 Å². The lowest BCUT2D eigenvalue weighted by atomic mass is 10.0. The number of aromatic nitrogens is 2. The fourth-order valence-electron chi connectivity index (χ4n) is 2.10. The van der Waals surface area contributed by atoms with Gasteiger partial charge in [-0.3, -0.25) is 0 Å². The highest BCUT2D eigenvalue weighted by molar-refractivity contribution is 5.67. The molecule has 0 radical (unpaired) electrons. The number of hydrogen-bond acceptors (Lipinski definition) is 2. The molecule has 0 fully saturated rings. The normalized spacial score (nSPS) is 10.9. The molecule has 0 aliphatic rings. The number of nitrogens with zero attached hydrogens (tertiary/aromatic N) is 2. The second-order valence-electron chi connectivity index (χ2n) is 4.54. The maximum absolute atomic E-state index is 5.83. The summed E-state index contributed by atoms with van der Waals surface area (Å²) in [4.78, 5) is 4.64. The third-order valence-corrected chi connectivity index (χ3v) is 3.28. The Morgan fingerprint density at radius 2 is 1.94 bits per heavy atom. The van der Waals surface area contributed by atoms with Crippen molar-refractivity contribution in [1.29, 1.82) is 0 Å². The van der Waals surface area contributed by atoms with Crippen LogP contribution in [0.5, 0.6) is 0 Å². The molecule has 0 atom stereocenters. The zero-order valence-electron chi connectivity index (χ0n) is 10.9. The highest BCUT2D eigenvalue weighted by Crippen LogP contribution is 2.27. The molecule has 0 saturated carbocycles. The predicted molar refractivity (Wildman–Crippen MR) is 70.7 cm³/mol. The largest absolute Gasteiger partial charge is 0.334 e. The smallest absolute Gasteiger partial charge is 0.106 e. The first kappa shape index (κ1) is 11.9. The van der Waals surface area contributed by atoms with E-state index >= 15 is 0 Å². The molecule has 3 nitrogen and oxygen atoms in total.